The van der Waals surface area contributed by atoms with E-state index in [0.717, 1.165) is 0 Å². The summed E-state index contributed by atoms with van der Waals surface area (Å²) in [4.78, 5) is 11.0. The van der Waals surface area contributed by atoms with E-state index in [1.807, 2.05) is 0 Å². The molecule has 5 nitrogen and oxygen atoms in total. The van der Waals surface area contributed by atoms with Gasteiger partial charge in [0.15, 0.2) is 11.5 Å². The average molecular weight is 403 g/mol. The summed E-state index contributed by atoms with van der Waals surface area (Å²) < 4.78 is 24.4. The highest BCUT2D eigenvalue weighted by molar-refractivity contribution is 5.92. The summed E-state index contributed by atoms with van der Waals surface area (Å²) >= 11 is 0. The standard InChI is InChI=1S/C24H18FNO4/c1-29-23-13-16(5-10-22(23)30-15-17-3-2-4-21(25)12-17)11-20(14-26)18-6-8-19(9-7-18)24(27)28/h2-13H,15H2,1H3,(H,27,28)/b20-11-. The highest BCUT2D eigenvalue weighted by Crippen LogP contribution is 2.30. The van der Waals surface area contributed by atoms with Crippen molar-refractivity contribution in [2.75, 3.05) is 7.11 Å². The number of rotatable bonds is 7. The number of allylic oxidation sites excluding steroid dienone is 1. The van der Waals surface area contributed by atoms with Crippen molar-refractivity contribution in [2.45, 2.75) is 6.61 Å². The molecule has 0 aliphatic heterocycles. The number of benzene rings is 3. The molecule has 0 amide bonds. The number of carbonyl (C=O) groups is 1. The lowest BCUT2D eigenvalue weighted by atomic mass is 10.0. The van der Waals surface area contributed by atoms with Gasteiger partial charge in [-0.3, -0.25) is 0 Å². The second-order valence-corrected chi connectivity index (χ2v) is 6.38. The lowest BCUT2D eigenvalue weighted by Gasteiger charge is -2.12. The Labute approximate surface area is 173 Å². The van der Waals surface area contributed by atoms with Crippen molar-refractivity contribution in [3.05, 3.63) is 94.8 Å². The third-order valence-corrected chi connectivity index (χ3v) is 4.35. The van der Waals surface area contributed by atoms with Crippen molar-refractivity contribution < 1.29 is 23.8 Å². The monoisotopic (exact) mass is 403 g/mol. The van der Waals surface area contributed by atoms with Crippen molar-refractivity contribution in [1.29, 1.82) is 5.26 Å². The summed E-state index contributed by atoms with van der Waals surface area (Å²) in [5, 5.41) is 18.5. The second kappa shape index (κ2) is 9.39. The van der Waals surface area contributed by atoms with Gasteiger partial charge in [-0.1, -0.05) is 30.3 Å². The van der Waals surface area contributed by atoms with Gasteiger partial charge in [0.25, 0.3) is 0 Å². The van der Waals surface area contributed by atoms with Gasteiger partial charge in [-0.15, -0.1) is 0 Å². The molecule has 0 saturated heterocycles. The summed E-state index contributed by atoms with van der Waals surface area (Å²) in [7, 11) is 1.51. The van der Waals surface area contributed by atoms with Gasteiger partial charge in [0.2, 0.25) is 0 Å². The number of halogens is 1. The number of hydrogen-bond donors (Lipinski definition) is 1. The number of carboxylic acids is 1. The van der Waals surface area contributed by atoms with Crippen molar-refractivity contribution in [1.82, 2.24) is 0 Å². The van der Waals surface area contributed by atoms with Crippen molar-refractivity contribution in [3.8, 4) is 17.6 Å². The van der Waals surface area contributed by atoms with Crippen LogP contribution in [0.5, 0.6) is 11.5 Å². The van der Waals surface area contributed by atoms with E-state index >= 15 is 0 Å². The molecule has 30 heavy (non-hydrogen) atoms. The van der Waals surface area contributed by atoms with Crippen LogP contribution in [-0.2, 0) is 6.61 Å². The van der Waals surface area contributed by atoms with Gasteiger partial charge in [-0.05, 0) is 59.2 Å². The fraction of sp³-hybridized carbons (Fsp3) is 0.0833. The van der Waals surface area contributed by atoms with E-state index in [1.54, 1.807) is 48.5 Å². The molecule has 3 aromatic carbocycles. The molecule has 0 aromatic heterocycles. The lowest BCUT2D eigenvalue weighted by molar-refractivity contribution is 0.0697. The maximum Gasteiger partial charge on any atom is 0.335 e. The Bertz CT molecular complexity index is 1130. The summed E-state index contributed by atoms with van der Waals surface area (Å²) in [6.45, 7) is 0.183. The van der Waals surface area contributed by atoms with Gasteiger partial charge in [0, 0.05) is 0 Å². The number of nitrogens with zero attached hydrogens (tertiary/aromatic N) is 1. The van der Waals surface area contributed by atoms with Crippen molar-refractivity contribution in [3.63, 3.8) is 0 Å². The van der Waals surface area contributed by atoms with Crippen LogP contribution in [0.3, 0.4) is 0 Å². The van der Waals surface area contributed by atoms with Crippen LogP contribution in [-0.4, -0.2) is 18.2 Å². The molecule has 0 saturated carbocycles. The average Bonchev–Trinajstić information content (AvgIpc) is 2.76. The zero-order valence-electron chi connectivity index (χ0n) is 16.1. The first kappa shape index (κ1) is 20.6. The van der Waals surface area contributed by atoms with Crippen LogP contribution in [0.1, 0.15) is 27.0 Å². The Balaban J connectivity index is 1.81. The maximum atomic E-state index is 13.3. The maximum absolute atomic E-state index is 13.3. The van der Waals surface area contributed by atoms with Crippen LogP contribution in [0.4, 0.5) is 4.39 Å². The number of carboxylic acid groups (broad SMARTS) is 1. The smallest absolute Gasteiger partial charge is 0.335 e. The number of methoxy groups -OCH3 is 1. The Morgan fingerprint density at radius 3 is 2.43 bits per heavy atom. The summed E-state index contributed by atoms with van der Waals surface area (Å²) in [5.41, 5.74) is 2.54. The number of aromatic carboxylic acids is 1. The predicted molar refractivity (Wildman–Crippen MR) is 111 cm³/mol. The van der Waals surface area contributed by atoms with E-state index in [2.05, 4.69) is 6.07 Å². The molecule has 3 aromatic rings. The number of hydrogen-bond acceptors (Lipinski definition) is 4. The quantitative estimate of drug-likeness (QED) is 0.435. The minimum Gasteiger partial charge on any atom is -0.493 e. The van der Waals surface area contributed by atoms with E-state index in [9.17, 15) is 14.4 Å². The van der Waals surface area contributed by atoms with Crippen LogP contribution in [0.2, 0.25) is 0 Å². The minimum absolute atomic E-state index is 0.150. The first-order chi connectivity index (χ1) is 14.5. The van der Waals surface area contributed by atoms with E-state index in [1.165, 1.54) is 31.4 Å². The van der Waals surface area contributed by atoms with Gasteiger partial charge in [0.05, 0.1) is 24.3 Å². The topological polar surface area (TPSA) is 79.5 Å². The first-order valence-electron chi connectivity index (χ1n) is 9.01. The zero-order valence-corrected chi connectivity index (χ0v) is 16.1. The van der Waals surface area contributed by atoms with E-state index in [4.69, 9.17) is 14.6 Å². The molecule has 0 radical (unpaired) electrons. The highest BCUT2D eigenvalue weighted by atomic mass is 19.1. The van der Waals surface area contributed by atoms with E-state index < -0.39 is 5.97 Å². The lowest BCUT2D eigenvalue weighted by Crippen LogP contribution is -1.98. The normalized spacial score (nSPS) is 10.9. The molecule has 0 heterocycles. The Morgan fingerprint density at radius 2 is 1.80 bits per heavy atom. The third kappa shape index (κ3) is 5.03. The van der Waals surface area contributed by atoms with Gasteiger partial charge < -0.3 is 14.6 Å². The zero-order chi connectivity index (χ0) is 21.5. The second-order valence-electron chi connectivity index (χ2n) is 6.38. The highest BCUT2D eigenvalue weighted by Gasteiger charge is 2.09. The Kier molecular flexibility index (Phi) is 6.46. The summed E-state index contributed by atoms with van der Waals surface area (Å²) in [6, 6.07) is 19.6. The Hall–Kier alpha value is -4.11. The fourth-order valence-electron chi connectivity index (χ4n) is 2.82. The van der Waals surface area contributed by atoms with E-state index in [-0.39, 0.29) is 18.0 Å². The summed E-state index contributed by atoms with van der Waals surface area (Å²) in [5.74, 6) is -0.395. The molecule has 0 aliphatic rings. The molecule has 0 unspecified atom stereocenters. The van der Waals surface area contributed by atoms with Gasteiger partial charge in [-0.2, -0.15) is 5.26 Å². The molecule has 0 atom stereocenters. The van der Waals surface area contributed by atoms with E-state index in [0.29, 0.717) is 33.8 Å². The van der Waals surface area contributed by atoms with Gasteiger partial charge >= 0.3 is 5.97 Å². The first-order valence-corrected chi connectivity index (χ1v) is 9.01. The van der Waals surface area contributed by atoms with Crippen molar-refractivity contribution >= 4 is 17.6 Å². The van der Waals surface area contributed by atoms with Crippen LogP contribution in [0.25, 0.3) is 11.6 Å². The minimum atomic E-state index is -1.03. The molecule has 0 aliphatic carbocycles. The fourth-order valence-corrected chi connectivity index (χ4v) is 2.82. The molecule has 0 spiro atoms. The van der Waals surface area contributed by atoms with Crippen LogP contribution >= 0.6 is 0 Å². The molecule has 1 N–H and O–H groups in total. The van der Waals surface area contributed by atoms with Crippen LogP contribution in [0, 0.1) is 17.1 Å². The number of nitriles is 1. The number of ether oxygens (including phenoxy) is 2. The molecule has 0 bridgehead atoms. The molecule has 6 heteroatoms. The molecule has 0 fully saturated rings. The predicted octanol–water partition coefficient (Wildman–Crippen LogP) is 5.18. The summed E-state index contributed by atoms with van der Waals surface area (Å²) in [6.07, 6.45) is 1.68. The Morgan fingerprint density at radius 1 is 1.07 bits per heavy atom. The molecular formula is C24H18FNO4. The van der Waals surface area contributed by atoms with Crippen molar-refractivity contribution in [2.24, 2.45) is 0 Å². The SMILES string of the molecule is COc1cc(/C=C(/C#N)c2ccc(C(=O)O)cc2)ccc1OCc1cccc(F)c1. The van der Waals surface area contributed by atoms with Gasteiger partial charge in [0.1, 0.15) is 12.4 Å². The van der Waals surface area contributed by atoms with Crippen LogP contribution in [0.15, 0.2) is 66.7 Å². The molecule has 3 rings (SSSR count). The molecular weight excluding hydrogens is 385 g/mol. The van der Waals surface area contributed by atoms with Crippen LogP contribution < -0.4 is 9.47 Å². The third-order valence-electron chi connectivity index (χ3n) is 4.35. The molecule has 150 valence electrons. The largest absolute Gasteiger partial charge is 0.493 e. The van der Waals surface area contributed by atoms with Gasteiger partial charge in [-0.25, -0.2) is 9.18 Å².